The molecule has 1 aromatic carbocycles. The Morgan fingerprint density at radius 1 is 1.44 bits per heavy atom. The molecule has 1 aromatic rings. The van der Waals surface area contributed by atoms with Crippen LogP contribution in [-0.4, -0.2) is 12.6 Å². The largest absolute Gasteiger partial charge is 0.495 e. The summed E-state index contributed by atoms with van der Waals surface area (Å²) in [4.78, 5) is 0. The second kappa shape index (κ2) is 3.94. The number of nitrogens with two attached hydrogens (primary N) is 1. The molecule has 3 heteroatoms. The molecule has 2 rings (SSSR count). The predicted octanol–water partition coefficient (Wildman–Crippen LogP) is 3.00. The molecule has 2 N–H and O–H groups in total. The Kier molecular flexibility index (Phi) is 2.89. The Balaban J connectivity index is 2.43. The summed E-state index contributed by atoms with van der Waals surface area (Å²) in [5.41, 5.74) is 9.55. The van der Waals surface area contributed by atoms with Crippen LogP contribution in [0.15, 0.2) is 6.07 Å². The molecule has 0 amide bonds. The molecular formula is C13H18ClNO. The molecule has 0 unspecified atom stereocenters. The lowest BCUT2D eigenvalue weighted by Gasteiger charge is -2.17. The molecule has 1 saturated carbocycles. The van der Waals surface area contributed by atoms with Crippen molar-refractivity contribution in [3.05, 3.63) is 27.8 Å². The van der Waals surface area contributed by atoms with E-state index < -0.39 is 0 Å². The van der Waals surface area contributed by atoms with Gasteiger partial charge in [0.15, 0.2) is 0 Å². The molecule has 0 radical (unpaired) electrons. The van der Waals surface area contributed by atoms with Crippen LogP contribution in [0.5, 0.6) is 5.75 Å². The van der Waals surface area contributed by atoms with E-state index in [1.165, 1.54) is 5.56 Å². The predicted molar refractivity (Wildman–Crippen MR) is 67.3 cm³/mol. The molecule has 0 spiro atoms. The summed E-state index contributed by atoms with van der Waals surface area (Å²) in [6.07, 6.45) is 3.05. The topological polar surface area (TPSA) is 35.2 Å². The number of hydrogen-bond acceptors (Lipinski definition) is 2. The number of ether oxygens (including phenoxy) is 1. The first-order valence-corrected chi connectivity index (χ1v) is 5.96. The van der Waals surface area contributed by atoms with Gasteiger partial charge in [-0.3, -0.25) is 0 Å². The summed E-state index contributed by atoms with van der Waals surface area (Å²) < 4.78 is 5.40. The average Bonchev–Trinajstić information content (AvgIpc) is 2.93. The summed E-state index contributed by atoms with van der Waals surface area (Å²) in [7, 11) is 1.66. The maximum atomic E-state index is 6.29. The minimum Gasteiger partial charge on any atom is -0.495 e. The summed E-state index contributed by atoms with van der Waals surface area (Å²) >= 11 is 6.29. The van der Waals surface area contributed by atoms with Gasteiger partial charge in [0.1, 0.15) is 5.75 Å². The highest BCUT2D eigenvalue weighted by molar-refractivity contribution is 6.33. The highest BCUT2D eigenvalue weighted by Crippen LogP contribution is 2.41. The quantitative estimate of drug-likeness (QED) is 0.880. The summed E-state index contributed by atoms with van der Waals surface area (Å²) in [6, 6.07) is 2.15. The van der Waals surface area contributed by atoms with E-state index in [-0.39, 0.29) is 5.54 Å². The fourth-order valence-corrected chi connectivity index (χ4v) is 2.34. The van der Waals surface area contributed by atoms with Gasteiger partial charge in [-0.25, -0.2) is 0 Å². The standard InChI is InChI=1S/C13H18ClNO/c1-8-6-10(7-13(15)4-5-13)12(16-3)11(14)9(8)2/h6H,4-5,7,15H2,1-3H3. The number of aryl methyl sites for hydroxylation is 1. The van der Waals surface area contributed by atoms with Crippen molar-refractivity contribution < 1.29 is 4.74 Å². The van der Waals surface area contributed by atoms with Crippen molar-refractivity contribution in [3.8, 4) is 5.75 Å². The number of rotatable bonds is 3. The lowest BCUT2D eigenvalue weighted by atomic mass is 9.98. The second-order valence-corrected chi connectivity index (χ2v) is 5.24. The van der Waals surface area contributed by atoms with Crippen molar-refractivity contribution in [3.63, 3.8) is 0 Å². The van der Waals surface area contributed by atoms with Gasteiger partial charge in [0, 0.05) is 5.54 Å². The number of methoxy groups -OCH3 is 1. The third-order valence-corrected chi connectivity index (χ3v) is 3.90. The summed E-state index contributed by atoms with van der Waals surface area (Å²) in [5, 5.41) is 0.724. The summed E-state index contributed by atoms with van der Waals surface area (Å²) in [6.45, 7) is 4.08. The zero-order valence-corrected chi connectivity index (χ0v) is 10.8. The van der Waals surface area contributed by atoms with E-state index >= 15 is 0 Å². The van der Waals surface area contributed by atoms with Gasteiger partial charge >= 0.3 is 0 Å². The van der Waals surface area contributed by atoms with Crippen molar-refractivity contribution in [2.24, 2.45) is 5.73 Å². The molecule has 1 fully saturated rings. The van der Waals surface area contributed by atoms with E-state index in [4.69, 9.17) is 22.1 Å². The number of benzene rings is 1. The van der Waals surface area contributed by atoms with Gasteiger partial charge in [0.05, 0.1) is 12.1 Å². The lowest BCUT2D eigenvalue weighted by molar-refractivity contribution is 0.407. The van der Waals surface area contributed by atoms with Gasteiger partial charge < -0.3 is 10.5 Å². The zero-order valence-electron chi connectivity index (χ0n) is 10.1. The van der Waals surface area contributed by atoms with Crippen LogP contribution < -0.4 is 10.5 Å². The molecule has 0 heterocycles. The fourth-order valence-electron chi connectivity index (χ4n) is 1.99. The van der Waals surface area contributed by atoms with Gasteiger partial charge in [0.25, 0.3) is 0 Å². The molecule has 0 aromatic heterocycles. The number of hydrogen-bond donors (Lipinski definition) is 1. The molecule has 0 aliphatic heterocycles. The van der Waals surface area contributed by atoms with E-state index in [1.54, 1.807) is 7.11 Å². The molecule has 1 aliphatic carbocycles. The Bertz CT molecular complexity index is 424. The van der Waals surface area contributed by atoms with Gasteiger partial charge in [0.2, 0.25) is 0 Å². The normalized spacial score (nSPS) is 17.3. The van der Waals surface area contributed by atoms with Gasteiger partial charge in [-0.2, -0.15) is 0 Å². The SMILES string of the molecule is COc1c(CC2(N)CC2)cc(C)c(C)c1Cl. The van der Waals surface area contributed by atoms with Crippen LogP contribution in [0.3, 0.4) is 0 Å². The first-order chi connectivity index (χ1) is 7.47. The van der Waals surface area contributed by atoms with Crippen molar-refractivity contribution >= 4 is 11.6 Å². The maximum Gasteiger partial charge on any atom is 0.140 e. The monoisotopic (exact) mass is 239 g/mol. The van der Waals surface area contributed by atoms with E-state index in [2.05, 4.69) is 13.0 Å². The van der Waals surface area contributed by atoms with E-state index in [0.29, 0.717) is 0 Å². The van der Waals surface area contributed by atoms with Gasteiger partial charge in [-0.05, 0) is 49.8 Å². The van der Waals surface area contributed by atoms with Crippen LogP contribution in [0.25, 0.3) is 0 Å². The first-order valence-electron chi connectivity index (χ1n) is 5.58. The Morgan fingerprint density at radius 3 is 2.56 bits per heavy atom. The zero-order chi connectivity index (χ0) is 11.9. The molecule has 88 valence electrons. The average molecular weight is 240 g/mol. The lowest BCUT2D eigenvalue weighted by Crippen LogP contribution is -2.24. The van der Waals surface area contributed by atoms with Crippen LogP contribution in [0.4, 0.5) is 0 Å². The minimum absolute atomic E-state index is 0.0156. The van der Waals surface area contributed by atoms with Crippen molar-refractivity contribution in [1.29, 1.82) is 0 Å². The Hall–Kier alpha value is -0.730. The molecule has 0 atom stereocenters. The number of halogens is 1. The fraction of sp³-hybridized carbons (Fsp3) is 0.538. The molecule has 0 bridgehead atoms. The second-order valence-electron chi connectivity index (χ2n) is 4.86. The molecule has 16 heavy (non-hydrogen) atoms. The van der Waals surface area contributed by atoms with Crippen LogP contribution in [0.1, 0.15) is 29.5 Å². The van der Waals surface area contributed by atoms with Crippen molar-refractivity contribution in [1.82, 2.24) is 0 Å². The minimum atomic E-state index is -0.0156. The van der Waals surface area contributed by atoms with Crippen molar-refractivity contribution in [2.75, 3.05) is 7.11 Å². The third-order valence-electron chi connectivity index (χ3n) is 3.44. The molecular weight excluding hydrogens is 222 g/mol. The third kappa shape index (κ3) is 2.04. The van der Waals surface area contributed by atoms with E-state index in [1.807, 2.05) is 6.92 Å². The Labute approximate surface area is 102 Å². The van der Waals surface area contributed by atoms with E-state index in [0.717, 1.165) is 41.2 Å². The van der Waals surface area contributed by atoms with Gasteiger partial charge in [-0.15, -0.1) is 0 Å². The smallest absolute Gasteiger partial charge is 0.140 e. The van der Waals surface area contributed by atoms with Crippen LogP contribution in [0, 0.1) is 13.8 Å². The van der Waals surface area contributed by atoms with E-state index in [9.17, 15) is 0 Å². The van der Waals surface area contributed by atoms with Crippen LogP contribution in [0.2, 0.25) is 5.02 Å². The van der Waals surface area contributed by atoms with Crippen LogP contribution in [-0.2, 0) is 6.42 Å². The molecule has 0 saturated heterocycles. The van der Waals surface area contributed by atoms with Crippen LogP contribution >= 0.6 is 11.6 Å². The summed E-state index contributed by atoms with van der Waals surface area (Å²) in [5.74, 6) is 0.793. The Morgan fingerprint density at radius 2 is 2.06 bits per heavy atom. The highest BCUT2D eigenvalue weighted by atomic mass is 35.5. The highest BCUT2D eigenvalue weighted by Gasteiger charge is 2.39. The molecule has 2 nitrogen and oxygen atoms in total. The maximum absolute atomic E-state index is 6.29. The van der Waals surface area contributed by atoms with Crippen molar-refractivity contribution in [2.45, 2.75) is 38.6 Å². The molecule has 1 aliphatic rings. The van der Waals surface area contributed by atoms with Gasteiger partial charge in [-0.1, -0.05) is 17.7 Å². The first kappa shape index (κ1) is 11.7.